The van der Waals surface area contributed by atoms with Gasteiger partial charge in [-0.2, -0.15) is 0 Å². The lowest BCUT2D eigenvalue weighted by molar-refractivity contribution is 0.602. The molecule has 0 bridgehead atoms. The number of imidazole rings is 1. The first-order valence-electron chi connectivity index (χ1n) is 6.04. The van der Waals surface area contributed by atoms with Crippen LogP contribution in [0.2, 0.25) is 0 Å². The van der Waals surface area contributed by atoms with E-state index in [1.54, 1.807) is 24.3 Å². The van der Waals surface area contributed by atoms with Gasteiger partial charge in [-0.1, -0.05) is 18.2 Å². The Balaban J connectivity index is 1.95. The Labute approximate surface area is 116 Å². The average Bonchev–Trinajstić information content (AvgIpc) is 2.80. The van der Waals surface area contributed by atoms with Gasteiger partial charge in [0.1, 0.15) is 0 Å². The molecular weight excluding hydrogens is 274 g/mol. The highest BCUT2D eigenvalue weighted by Gasteiger charge is 2.08. The molecule has 20 heavy (non-hydrogen) atoms. The van der Waals surface area contributed by atoms with Crippen molar-refractivity contribution in [2.45, 2.75) is 4.90 Å². The molecule has 0 radical (unpaired) electrons. The van der Waals surface area contributed by atoms with E-state index in [-0.39, 0.29) is 4.90 Å². The number of nitrogens with one attached hydrogen (secondary N) is 2. The third-order valence-electron chi connectivity index (χ3n) is 2.91. The van der Waals surface area contributed by atoms with Crippen LogP contribution in [-0.4, -0.2) is 24.6 Å². The summed E-state index contributed by atoms with van der Waals surface area (Å²) in [5.74, 6) is 0.580. The van der Waals surface area contributed by atoms with E-state index in [1.165, 1.54) is 6.26 Å². The van der Waals surface area contributed by atoms with E-state index in [0.29, 0.717) is 11.6 Å². The number of aromatic nitrogens is 2. The van der Waals surface area contributed by atoms with Crippen LogP contribution in [0.25, 0.3) is 11.0 Å². The molecule has 0 atom stereocenters. The number of hydrogen-bond donors (Lipinski definition) is 2. The number of benzene rings is 2. The third-order valence-corrected chi connectivity index (χ3v) is 4.02. The van der Waals surface area contributed by atoms with Crippen LogP contribution in [0.15, 0.2) is 53.4 Å². The molecular formula is C14H13N3O2S. The number of rotatable bonds is 3. The number of anilines is 2. The van der Waals surface area contributed by atoms with E-state index in [4.69, 9.17) is 0 Å². The standard InChI is InChI=1S/C14H13N3O2S/c1-20(18,19)11-6-4-5-10(9-11)15-14-16-12-7-2-3-8-13(12)17-14/h2-9H,1H3,(H2,15,16,17). The Bertz CT molecular complexity index is 836. The molecule has 0 aliphatic heterocycles. The van der Waals surface area contributed by atoms with Crippen molar-refractivity contribution in [3.05, 3.63) is 48.5 Å². The summed E-state index contributed by atoms with van der Waals surface area (Å²) in [7, 11) is -3.21. The smallest absolute Gasteiger partial charge is 0.205 e. The van der Waals surface area contributed by atoms with E-state index < -0.39 is 9.84 Å². The molecule has 5 nitrogen and oxygen atoms in total. The number of aromatic amines is 1. The zero-order chi connectivity index (χ0) is 14.2. The van der Waals surface area contributed by atoms with E-state index in [9.17, 15) is 8.42 Å². The minimum Gasteiger partial charge on any atom is -0.326 e. The quantitative estimate of drug-likeness (QED) is 0.776. The molecule has 3 aromatic rings. The maximum Gasteiger partial charge on any atom is 0.205 e. The second-order valence-electron chi connectivity index (χ2n) is 4.53. The highest BCUT2D eigenvalue weighted by molar-refractivity contribution is 7.90. The minimum atomic E-state index is -3.21. The molecule has 1 heterocycles. The lowest BCUT2D eigenvalue weighted by Crippen LogP contribution is -1.99. The fourth-order valence-electron chi connectivity index (χ4n) is 1.95. The van der Waals surface area contributed by atoms with Gasteiger partial charge in [-0.3, -0.25) is 0 Å². The van der Waals surface area contributed by atoms with Gasteiger partial charge in [-0.25, -0.2) is 13.4 Å². The summed E-state index contributed by atoms with van der Waals surface area (Å²) in [5.41, 5.74) is 2.45. The van der Waals surface area contributed by atoms with Gasteiger partial charge in [-0.05, 0) is 30.3 Å². The van der Waals surface area contributed by atoms with Crippen molar-refractivity contribution in [1.82, 2.24) is 9.97 Å². The minimum absolute atomic E-state index is 0.276. The molecule has 3 rings (SSSR count). The number of hydrogen-bond acceptors (Lipinski definition) is 4. The second kappa shape index (κ2) is 4.64. The van der Waals surface area contributed by atoms with Gasteiger partial charge in [0.05, 0.1) is 15.9 Å². The van der Waals surface area contributed by atoms with Crippen LogP contribution in [0, 0.1) is 0 Å². The van der Waals surface area contributed by atoms with Crippen molar-refractivity contribution in [3.8, 4) is 0 Å². The number of H-pyrrole nitrogens is 1. The highest BCUT2D eigenvalue weighted by Crippen LogP contribution is 2.20. The van der Waals surface area contributed by atoms with Gasteiger partial charge >= 0.3 is 0 Å². The van der Waals surface area contributed by atoms with Crippen LogP contribution in [0.4, 0.5) is 11.6 Å². The predicted octanol–water partition coefficient (Wildman–Crippen LogP) is 2.71. The van der Waals surface area contributed by atoms with E-state index in [2.05, 4.69) is 15.3 Å². The van der Waals surface area contributed by atoms with Gasteiger partial charge in [-0.15, -0.1) is 0 Å². The first kappa shape index (κ1) is 12.7. The molecule has 0 aliphatic rings. The van der Waals surface area contributed by atoms with Crippen molar-refractivity contribution in [1.29, 1.82) is 0 Å². The number of para-hydroxylation sites is 2. The van der Waals surface area contributed by atoms with Gasteiger partial charge < -0.3 is 10.3 Å². The molecule has 102 valence electrons. The fourth-order valence-corrected chi connectivity index (χ4v) is 2.62. The highest BCUT2D eigenvalue weighted by atomic mass is 32.2. The van der Waals surface area contributed by atoms with Gasteiger partial charge in [0.2, 0.25) is 5.95 Å². The Morgan fingerprint density at radius 1 is 1.10 bits per heavy atom. The summed E-state index contributed by atoms with van der Waals surface area (Å²) in [6, 6.07) is 14.3. The molecule has 2 N–H and O–H groups in total. The first-order valence-corrected chi connectivity index (χ1v) is 7.93. The lowest BCUT2D eigenvalue weighted by atomic mass is 10.3. The number of nitrogens with zero attached hydrogens (tertiary/aromatic N) is 1. The fraction of sp³-hybridized carbons (Fsp3) is 0.0714. The van der Waals surface area contributed by atoms with Crippen LogP contribution in [0.5, 0.6) is 0 Å². The van der Waals surface area contributed by atoms with Crippen LogP contribution in [0.1, 0.15) is 0 Å². The SMILES string of the molecule is CS(=O)(=O)c1cccc(Nc2nc3ccccc3[nH]2)c1. The molecule has 0 saturated heterocycles. The largest absolute Gasteiger partial charge is 0.326 e. The van der Waals surface area contributed by atoms with Gasteiger partial charge in [0.15, 0.2) is 9.84 Å². The summed E-state index contributed by atoms with van der Waals surface area (Å²) < 4.78 is 23.1. The second-order valence-corrected chi connectivity index (χ2v) is 6.54. The van der Waals surface area contributed by atoms with Crippen molar-refractivity contribution >= 4 is 32.5 Å². The molecule has 0 unspecified atom stereocenters. The van der Waals surface area contributed by atoms with Crippen molar-refractivity contribution in [2.75, 3.05) is 11.6 Å². The normalized spacial score (nSPS) is 11.7. The molecule has 0 amide bonds. The Kier molecular flexibility index (Phi) is 2.94. The van der Waals surface area contributed by atoms with Crippen molar-refractivity contribution in [3.63, 3.8) is 0 Å². The van der Waals surface area contributed by atoms with Gasteiger partial charge in [0.25, 0.3) is 0 Å². The Hall–Kier alpha value is -2.34. The third kappa shape index (κ3) is 2.50. The van der Waals surface area contributed by atoms with E-state index >= 15 is 0 Å². The summed E-state index contributed by atoms with van der Waals surface area (Å²) in [5, 5.41) is 3.07. The van der Waals surface area contributed by atoms with Crippen LogP contribution in [0.3, 0.4) is 0 Å². The lowest BCUT2D eigenvalue weighted by Gasteiger charge is -2.04. The van der Waals surface area contributed by atoms with Crippen LogP contribution in [-0.2, 0) is 9.84 Å². The molecule has 0 fully saturated rings. The Morgan fingerprint density at radius 3 is 2.65 bits per heavy atom. The van der Waals surface area contributed by atoms with Crippen LogP contribution < -0.4 is 5.32 Å². The molecule has 6 heteroatoms. The molecule has 0 spiro atoms. The maximum atomic E-state index is 11.5. The first-order chi connectivity index (χ1) is 9.52. The molecule has 0 saturated carbocycles. The molecule has 0 aliphatic carbocycles. The van der Waals surface area contributed by atoms with Crippen LogP contribution >= 0.6 is 0 Å². The average molecular weight is 287 g/mol. The van der Waals surface area contributed by atoms with E-state index in [1.807, 2.05) is 24.3 Å². The maximum absolute atomic E-state index is 11.5. The van der Waals surface area contributed by atoms with E-state index in [0.717, 1.165) is 11.0 Å². The topological polar surface area (TPSA) is 74.8 Å². The monoisotopic (exact) mass is 287 g/mol. The predicted molar refractivity (Wildman–Crippen MR) is 78.9 cm³/mol. The number of fused-ring (bicyclic) bond motifs is 1. The van der Waals surface area contributed by atoms with Crippen molar-refractivity contribution in [2.24, 2.45) is 0 Å². The summed E-state index contributed by atoms with van der Waals surface area (Å²) in [6.45, 7) is 0. The summed E-state index contributed by atoms with van der Waals surface area (Å²) in [4.78, 5) is 7.79. The van der Waals surface area contributed by atoms with Crippen molar-refractivity contribution < 1.29 is 8.42 Å². The molecule has 2 aromatic carbocycles. The number of sulfone groups is 1. The zero-order valence-electron chi connectivity index (χ0n) is 10.8. The summed E-state index contributed by atoms with van der Waals surface area (Å²) >= 11 is 0. The Morgan fingerprint density at radius 2 is 1.90 bits per heavy atom. The summed E-state index contributed by atoms with van der Waals surface area (Å²) in [6.07, 6.45) is 1.19. The zero-order valence-corrected chi connectivity index (χ0v) is 11.6. The molecule has 1 aromatic heterocycles. The van der Waals surface area contributed by atoms with Gasteiger partial charge in [0, 0.05) is 11.9 Å².